The average Bonchev–Trinajstić information content (AvgIpc) is 2.10. The van der Waals surface area contributed by atoms with Crippen molar-refractivity contribution in [1.82, 2.24) is 0 Å². The zero-order chi connectivity index (χ0) is 6.85. The number of ether oxygens (including phenoxy) is 1. The van der Waals surface area contributed by atoms with E-state index in [4.69, 9.17) is 12.6 Å². The first kappa shape index (κ1) is 6.81. The van der Waals surface area contributed by atoms with E-state index < -0.39 is 0 Å². The van der Waals surface area contributed by atoms with E-state index in [-0.39, 0.29) is 18.0 Å². The number of carbonyl (C=O) groups is 1. The number of hydrogen-bond acceptors (Lipinski definition) is 2. The summed E-state index contributed by atoms with van der Waals surface area (Å²) in [4.78, 5) is 10.2. The van der Waals surface area contributed by atoms with E-state index in [0.717, 1.165) is 12.7 Å². The van der Waals surface area contributed by atoms with E-state index in [1.165, 1.54) is 0 Å². The molecule has 3 atom stereocenters. The van der Waals surface area contributed by atoms with Crippen LogP contribution < -0.4 is 0 Å². The molecule has 48 valence electrons. The van der Waals surface area contributed by atoms with Crippen LogP contribution in [0.4, 0.5) is 0 Å². The van der Waals surface area contributed by atoms with Gasteiger partial charge in [-0.1, -0.05) is 6.92 Å². The van der Waals surface area contributed by atoms with Gasteiger partial charge in [0, 0.05) is 6.00 Å². The van der Waals surface area contributed by atoms with Gasteiger partial charge in [-0.05, 0) is 12.3 Å². The van der Waals surface area contributed by atoms with E-state index in [1.54, 1.807) is 0 Å². The Morgan fingerprint density at radius 1 is 1.78 bits per heavy atom. The Kier molecular flexibility index (Phi) is 1.91. The van der Waals surface area contributed by atoms with E-state index in [9.17, 15) is 4.79 Å². The molecule has 0 aliphatic carbocycles. The highest BCUT2D eigenvalue weighted by Crippen LogP contribution is 2.22. The summed E-state index contributed by atoms with van der Waals surface area (Å²) in [5.41, 5.74) is 0. The lowest BCUT2D eigenvalue weighted by Gasteiger charge is -2.04. The molecule has 1 aliphatic rings. The summed E-state index contributed by atoms with van der Waals surface area (Å²) in [6, 6.07) is -0.227. The molecule has 2 nitrogen and oxygen atoms in total. The Morgan fingerprint density at radius 2 is 2.44 bits per heavy atom. The monoisotopic (exact) mass is 124 g/mol. The van der Waals surface area contributed by atoms with Gasteiger partial charge >= 0.3 is 0 Å². The third-order valence-electron chi connectivity index (χ3n) is 1.63. The van der Waals surface area contributed by atoms with E-state index in [0.29, 0.717) is 0 Å². The fourth-order valence-corrected chi connectivity index (χ4v) is 1.06. The Bertz CT molecular complexity index is 116. The van der Waals surface area contributed by atoms with Gasteiger partial charge in [0.25, 0.3) is 0 Å². The van der Waals surface area contributed by atoms with Crippen molar-refractivity contribution < 1.29 is 9.53 Å². The molecule has 0 saturated carbocycles. The standard InChI is InChI=1S/C6H9BO2/c1-4-2-6(7)9-5(4)3-8/h3-6H,2H2,1H3/t4?,5-,6-/m1/s1. The van der Waals surface area contributed by atoms with Gasteiger partial charge in [0.1, 0.15) is 20.2 Å². The second kappa shape index (κ2) is 2.52. The topological polar surface area (TPSA) is 26.3 Å². The van der Waals surface area contributed by atoms with Gasteiger partial charge in [0.05, 0.1) is 0 Å². The fourth-order valence-electron chi connectivity index (χ4n) is 1.06. The zero-order valence-electron chi connectivity index (χ0n) is 5.41. The lowest BCUT2D eigenvalue weighted by atomic mass is 9.92. The van der Waals surface area contributed by atoms with Gasteiger partial charge in [-0.15, -0.1) is 0 Å². The van der Waals surface area contributed by atoms with Crippen LogP contribution in [-0.2, 0) is 9.53 Å². The average molecular weight is 124 g/mol. The van der Waals surface area contributed by atoms with Crippen LogP contribution in [0.25, 0.3) is 0 Å². The second-order valence-corrected chi connectivity index (χ2v) is 2.49. The Labute approximate surface area is 56.0 Å². The maximum Gasteiger partial charge on any atom is 0.149 e. The summed E-state index contributed by atoms with van der Waals surface area (Å²) in [6.07, 6.45) is 1.35. The van der Waals surface area contributed by atoms with Crippen molar-refractivity contribution >= 4 is 14.1 Å². The van der Waals surface area contributed by atoms with Gasteiger partial charge in [0.15, 0.2) is 0 Å². The van der Waals surface area contributed by atoms with E-state index in [2.05, 4.69) is 0 Å². The molecule has 0 aromatic carbocycles. The Morgan fingerprint density at radius 3 is 2.67 bits per heavy atom. The summed E-state index contributed by atoms with van der Waals surface area (Å²) >= 11 is 0. The molecule has 1 heterocycles. The minimum Gasteiger partial charge on any atom is -0.377 e. The molecule has 9 heavy (non-hydrogen) atoms. The highest BCUT2D eigenvalue weighted by molar-refractivity contribution is 6.11. The van der Waals surface area contributed by atoms with Crippen LogP contribution in [0.1, 0.15) is 13.3 Å². The van der Waals surface area contributed by atoms with Crippen LogP contribution in [-0.4, -0.2) is 26.2 Å². The van der Waals surface area contributed by atoms with Crippen molar-refractivity contribution in [2.45, 2.75) is 25.5 Å². The minimum atomic E-state index is -0.264. The molecule has 0 aromatic heterocycles. The lowest BCUT2D eigenvalue weighted by molar-refractivity contribution is -0.117. The molecule has 0 N–H and O–H groups in total. The molecule has 1 rings (SSSR count). The van der Waals surface area contributed by atoms with Gasteiger partial charge in [-0.2, -0.15) is 0 Å². The first-order valence-electron chi connectivity index (χ1n) is 3.10. The molecule has 2 radical (unpaired) electrons. The molecular weight excluding hydrogens is 115 g/mol. The predicted molar refractivity (Wildman–Crippen MR) is 34.3 cm³/mol. The first-order chi connectivity index (χ1) is 4.24. The molecule has 0 amide bonds. The normalized spacial score (nSPS) is 43.0. The number of hydrogen-bond donors (Lipinski definition) is 0. The highest BCUT2D eigenvalue weighted by Gasteiger charge is 2.28. The molecule has 0 aromatic rings. The molecule has 1 aliphatic heterocycles. The minimum absolute atomic E-state index is 0.227. The fraction of sp³-hybridized carbons (Fsp3) is 0.833. The van der Waals surface area contributed by atoms with Gasteiger partial charge in [0.2, 0.25) is 0 Å². The van der Waals surface area contributed by atoms with E-state index in [1.807, 2.05) is 6.92 Å². The van der Waals surface area contributed by atoms with Crippen LogP contribution in [0.2, 0.25) is 0 Å². The van der Waals surface area contributed by atoms with Crippen molar-refractivity contribution in [2.24, 2.45) is 5.92 Å². The lowest BCUT2D eigenvalue weighted by Crippen LogP contribution is -2.15. The van der Waals surface area contributed by atoms with Gasteiger partial charge < -0.3 is 9.53 Å². The molecule has 0 spiro atoms. The maximum absolute atomic E-state index is 10.2. The molecule has 1 unspecified atom stereocenters. The number of rotatable bonds is 1. The molecule has 1 saturated heterocycles. The SMILES string of the molecule is [B][C@H]1CC(C)[C@@H](C=O)O1. The third-order valence-corrected chi connectivity index (χ3v) is 1.63. The smallest absolute Gasteiger partial charge is 0.149 e. The van der Waals surface area contributed by atoms with Gasteiger partial charge in [-0.25, -0.2) is 0 Å². The molecular formula is C6H9BO2. The van der Waals surface area contributed by atoms with Gasteiger partial charge in [-0.3, -0.25) is 0 Å². The number of carbonyl (C=O) groups excluding carboxylic acids is 1. The predicted octanol–water partition coefficient (Wildman–Crippen LogP) is 0.105. The summed E-state index contributed by atoms with van der Waals surface area (Å²) in [5.74, 6) is 0.289. The molecule has 3 heteroatoms. The van der Waals surface area contributed by atoms with Crippen LogP contribution in [0.5, 0.6) is 0 Å². The third kappa shape index (κ3) is 1.33. The second-order valence-electron chi connectivity index (χ2n) is 2.49. The van der Waals surface area contributed by atoms with E-state index >= 15 is 0 Å². The first-order valence-corrected chi connectivity index (χ1v) is 3.10. The van der Waals surface area contributed by atoms with Crippen LogP contribution in [0.15, 0.2) is 0 Å². The van der Waals surface area contributed by atoms with Crippen molar-refractivity contribution in [1.29, 1.82) is 0 Å². The van der Waals surface area contributed by atoms with Crippen molar-refractivity contribution in [2.75, 3.05) is 0 Å². The van der Waals surface area contributed by atoms with Crippen LogP contribution in [0, 0.1) is 5.92 Å². The summed E-state index contributed by atoms with van der Waals surface area (Å²) in [5, 5.41) is 0. The molecule has 0 bridgehead atoms. The molecule has 1 fully saturated rings. The van der Waals surface area contributed by atoms with Crippen molar-refractivity contribution in [3.05, 3.63) is 0 Å². The largest absolute Gasteiger partial charge is 0.377 e. The quantitative estimate of drug-likeness (QED) is 0.366. The highest BCUT2D eigenvalue weighted by atomic mass is 16.5. The summed E-state index contributed by atoms with van der Waals surface area (Å²) < 4.78 is 5.03. The van der Waals surface area contributed by atoms with Crippen molar-refractivity contribution in [3.8, 4) is 0 Å². The van der Waals surface area contributed by atoms with Crippen LogP contribution >= 0.6 is 0 Å². The maximum atomic E-state index is 10.2. The summed E-state index contributed by atoms with van der Waals surface area (Å²) in [7, 11) is 5.41. The zero-order valence-corrected chi connectivity index (χ0v) is 5.41. The Balaban J connectivity index is 2.47. The summed E-state index contributed by atoms with van der Waals surface area (Å²) in [6.45, 7) is 1.96. The number of aldehydes is 1. The van der Waals surface area contributed by atoms with Crippen molar-refractivity contribution in [3.63, 3.8) is 0 Å². The van der Waals surface area contributed by atoms with Crippen LogP contribution in [0.3, 0.4) is 0 Å². The Hall–Kier alpha value is -0.305.